The van der Waals surface area contributed by atoms with Gasteiger partial charge in [0.2, 0.25) is 5.95 Å². The monoisotopic (exact) mass is 301 g/mol. The number of benzene rings is 1. The fourth-order valence-corrected chi connectivity index (χ4v) is 2.14. The summed E-state index contributed by atoms with van der Waals surface area (Å²) in [7, 11) is 0. The first-order valence-corrected chi connectivity index (χ1v) is 7.29. The Labute approximate surface area is 130 Å². The number of nitrogens with two attached hydrogens (primary N) is 1. The van der Waals surface area contributed by atoms with E-state index in [-0.39, 0.29) is 4.99 Å². The molecule has 2 rings (SSSR count). The number of aromatic nitrogens is 2. The molecule has 0 saturated heterocycles. The molecule has 2 aromatic rings. The van der Waals surface area contributed by atoms with Crippen LogP contribution in [0.25, 0.3) is 0 Å². The first kappa shape index (κ1) is 15.2. The molecular weight excluding hydrogens is 282 g/mol. The number of nitrogens with zero attached hydrogens (tertiary/aromatic N) is 3. The molecule has 0 amide bonds. The van der Waals surface area contributed by atoms with Crippen LogP contribution in [-0.4, -0.2) is 28.0 Å². The van der Waals surface area contributed by atoms with Gasteiger partial charge in [0.1, 0.15) is 10.7 Å². The van der Waals surface area contributed by atoms with Crippen molar-refractivity contribution < 1.29 is 0 Å². The SMILES string of the molecule is CCN(CC)c1ccc(Nc2nccc(C(N)=S)n2)cc1. The van der Waals surface area contributed by atoms with E-state index in [1.54, 1.807) is 12.3 Å². The Balaban J connectivity index is 2.13. The van der Waals surface area contributed by atoms with Crippen molar-refractivity contribution in [2.45, 2.75) is 13.8 Å². The molecule has 5 nitrogen and oxygen atoms in total. The highest BCUT2D eigenvalue weighted by Crippen LogP contribution is 2.19. The van der Waals surface area contributed by atoms with Gasteiger partial charge in [0.05, 0.1) is 0 Å². The molecule has 110 valence electrons. The molecule has 0 bridgehead atoms. The van der Waals surface area contributed by atoms with Gasteiger partial charge in [-0.15, -0.1) is 0 Å². The van der Waals surface area contributed by atoms with E-state index in [9.17, 15) is 0 Å². The molecular formula is C15H19N5S. The van der Waals surface area contributed by atoms with Crippen molar-refractivity contribution in [3.8, 4) is 0 Å². The van der Waals surface area contributed by atoms with E-state index >= 15 is 0 Å². The van der Waals surface area contributed by atoms with Gasteiger partial charge in [0, 0.05) is 30.7 Å². The fourth-order valence-electron chi connectivity index (χ4n) is 2.03. The molecule has 6 heteroatoms. The molecule has 0 radical (unpaired) electrons. The summed E-state index contributed by atoms with van der Waals surface area (Å²) in [6, 6.07) is 9.85. The van der Waals surface area contributed by atoms with E-state index in [2.05, 4.69) is 46.2 Å². The second-order valence-electron chi connectivity index (χ2n) is 4.47. The lowest BCUT2D eigenvalue weighted by molar-refractivity contribution is 0.866. The number of hydrogen-bond donors (Lipinski definition) is 2. The standard InChI is InChI=1S/C15H19N5S/c1-3-20(4-2)12-7-5-11(6-8-12)18-15-17-10-9-13(19-15)14(16)21/h5-10H,3-4H2,1-2H3,(H2,16,21)(H,17,18,19). The number of thiocarbonyl (C=S) groups is 1. The van der Waals surface area contributed by atoms with E-state index in [1.807, 2.05) is 12.1 Å². The van der Waals surface area contributed by atoms with Crippen LogP contribution in [0.5, 0.6) is 0 Å². The summed E-state index contributed by atoms with van der Waals surface area (Å²) < 4.78 is 0. The van der Waals surface area contributed by atoms with Gasteiger partial charge in [-0.05, 0) is 44.2 Å². The summed E-state index contributed by atoms with van der Waals surface area (Å²) in [6.07, 6.45) is 1.63. The van der Waals surface area contributed by atoms with Crippen molar-refractivity contribution in [3.63, 3.8) is 0 Å². The molecule has 0 atom stereocenters. The van der Waals surface area contributed by atoms with Crippen LogP contribution in [0, 0.1) is 0 Å². The second-order valence-corrected chi connectivity index (χ2v) is 4.91. The van der Waals surface area contributed by atoms with Crippen LogP contribution in [0.3, 0.4) is 0 Å². The quantitative estimate of drug-likeness (QED) is 0.800. The van der Waals surface area contributed by atoms with Crippen LogP contribution < -0.4 is 16.0 Å². The summed E-state index contributed by atoms with van der Waals surface area (Å²) in [5.41, 5.74) is 8.25. The third kappa shape index (κ3) is 3.88. The first-order chi connectivity index (χ1) is 10.1. The Hall–Kier alpha value is -2.21. The van der Waals surface area contributed by atoms with Crippen molar-refractivity contribution in [1.82, 2.24) is 9.97 Å². The largest absolute Gasteiger partial charge is 0.388 e. The average molecular weight is 301 g/mol. The van der Waals surface area contributed by atoms with Crippen molar-refractivity contribution in [2.24, 2.45) is 5.73 Å². The smallest absolute Gasteiger partial charge is 0.227 e. The molecule has 0 spiro atoms. The highest BCUT2D eigenvalue weighted by atomic mass is 32.1. The molecule has 21 heavy (non-hydrogen) atoms. The van der Waals surface area contributed by atoms with E-state index < -0.39 is 0 Å². The lowest BCUT2D eigenvalue weighted by Gasteiger charge is -2.21. The number of nitrogens with one attached hydrogen (secondary N) is 1. The minimum atomic E-state index is 0.261. The van der Waals surface area contributed by atoms with Gasteiger partial charge in [0.15, 0.2) is 0 Å². The molecule has 3 N–H and O–H groups in total. The summed E-state index contributed by atoms with van der Waals surface area (Å²) in [6.45, 7) is 6.26. The summed E-state index contributed by atoms with van der Waals surface area (Å²) in [4.78, 5) is 11.0. The Bertz CT molecular complexity index is 608. The minimum Gasteiger partial charge on any atom is -0.388 e. The number of hydrogen-bond acceptors (Lipinski definition) is 5. The topological polar surface area (TPSA) is 67.1 Å². The molecule has 0 fully saturated rings. The number of rotatable bonds is 6. The zero-order valence-corrected chi connectivity index (χ0v) is 13.0. The van der Waals surface area contributed by atoms with Crippen LogP contribution in [-0.2, 0) is 0 Å². The van der Waals surface area contributed by atoms with Crippen LogP contribution >= 0.6 is 12.2 Å². The van der Waals surface area contributed by atoms with Gasteiger partial charge in [-0.25, -0.2) is 9.97 Å². The lowest BCUT2D eigenvalue weighted by Crippen LogP contribution is -2.21. The highest BCUT2D eigenvalue weighted by Gasteiger charge is 2.04. The van der Waals surface area contributed by atoms with Gasteiger partial charge in [-0.2, -0.15) is 0 Å². The van der Waals surface area contributed by atoms with Crippen LogP contribution in [0.15, 0.2) is 36.5 Å². The predicted octanol–water partition coefficient (Wildman–Crippen LogP) is 2.70. The van der Waals surface area contributed by atoms with Crippen molar-refractivity contribution in [1.29, 1.82) is 0 Å². The molecule has 0 aliphatic rings. The van der Waals surface area contributed by atoms with Crippen molar-refractivity contribution >= 4 is 34.5 Å². The maximum atomic E-state index is 5.57. The highest BCUT2D eigenvalue weighted by molar-refractivity contribution is 7.80. The van der Waals surface area contributed by atoms with Crippen molar-refractivity contribution in [3.05, 3.63) is 42.2 Å². The molecule has 0 aliphatic carbocycles. The zero-order valence-electron chi connectivity index (χ0n) is 12.2. The van der Waals surface area contributed by atoms with E-state index in [4.69, 9.17) is 18.0 Å². The fraction of sp³-hybridized carbons (Fsp3) is 0.267. The van der Waals surface area contributed by atoms with Gasteiger partial charge < -0.3 is 16.0 Å². The Kier molecular flexibility index (Phi) is 5.05. The summed E-state index contributed by atoms with van der Waals surface area (Å²) >= 11 is 4.91. The third-order valence-electron chi connectivity index (χ3n) is 3.16. The first-order valence-electron chi connectivity index (χ1n) is 6.89. The Morgan fingerprint density at radius 3 is 2.43 bits per heavy atom. The third-order valence-corrected chi connectivity index (χ3v) is 3.37. The Morgan fingerprint density at radius 2 is 1.86 bits per heavy atom. The van der Waals surface area contributed by atoms with E-state index in [0.717, 1.165) is 18.8 Å². The Morgan fingerprint density at radius 1 is 1.19 bits per heavy atom. The maximum Gasteiger partial charge on any atom is 0.227 e. The van der Waals surface area contributed by atoms with Crippen LogP contribution in [0.2, 0.25) is 0 Å². The molecule has 1 aromatic carbocycles. The maximum absolute atomic E-state index is 5.57. The van der Waals surface area contributed by atoms with E-state index in [0.29, 0.717) is 11.6 Å². The minimum absolute atomic E-state index is 0.261. The molecule has 0 unspecified atom stereocenters. The predicted molar refractivity (Wildman–Crippen MR) is 91.2 cm³/mol. The molecule has 0 aliphatic heterocycles. The summed E-state index contributed by atoms with van der Waals surface area (Å²) in [5.74, 6) is 0.482. The number of anilines is 3. The molecule has 1 heterocycles. The van der Waals surface area contributed by atoms with Gasteiger partial charge in [-0.3, -0.25) is 0 Å². The average Bonchev–Trinajstić information content (AvgIpc) is 2.50. The van der Waals surface area contributed by atoms with E-state index in [1.165, 1.54) is 5.69 Å². The second kappa shape index (κ2) is 6.99. The normalized spacial score (nSPS) is 10.2. The lowest BCUT2D eigenvalue weighted by atomic mass is 10.2. The van der Waals surface area contributed by atoms with Crippen molar-refractivity contribution in [2.75, 3.05) is 23.3 Å². The van der Waals surface area contributed by atoms with Gasteiger partial charge in [-0.1, -0.05) is 12.2 Å². The van der Waals surface area contributed by atoms with Gasteiger partial charge in [0.25, 0.3) is 0 Å². The molecule has 1 aromatic heterocycles. The zero-order chi connectivity index (χ0) is 15.2. The van der Waals surface area contributed by atoms with Crippen LogP contribution in [0.4, 0.5) is 17.3 Å². The van der Waals surface area contributed by atoms with Crippen LogP contribution in [0.1, 0.15) is 19.5 Å². The molecule has 0 saturated carbocycles. The van der Waals surface area contributed by atoms with Gasteiger partial charge >= 0.3 is 0 Å². The summed E-state index contributed by atoms with van der Waals surface area (Å²) in [5, 5.41) is 3.15.